The van der Waals surface area contributed by atoms with Gasteiger partial charge in [0.1, 0.15) is 0 Å². The first-order valence-corrected chi connectivity index (χ1v) is 7.94. The number of ether oxygens (including phenoxy) is 2. The second-order valence-electron chi connectivity index (χ2n) is 8.67. The molecule has 0 bridgehead atoms. The predicted molar refractivity (Wildman–Crippen MR) is 90.4 cm³/mol. The predicted octanol–water partition coefficient (Wildman–Crippen LogP) is 3.08. The molecule has 4 N–H and O–H groups in total. The molecule has 0 aliphatic heterocycles. The molecule has 128 valence electrons. The van der Waals surface area contributed by atoms with Crippen LogP contribution in [-0.4, -0.2) is 35.5 Å². The minimum absolute atomic E-state index is 0.140. The lowest BCUT2D eigenvalue weighted by molar-refractivity contribution is -0.0981. The van der Waals surface area contributed by atoms with Crippen LogP contribution < -0.4 is 11.5 Å². The van der Waals surface area contributed by atoms with Crippen LogP contribution in [0.15, 0.2) is 0 Å². The van der Waals surface area contributed by atoms with Crippen LogP contribution >= 0.6 is 0 Å². The van der Waals surface area contributed by atoms with Crippen molar-refractivity contribution in [2.24, 2.45) is 17.4 Å². The molecule has 0 saturated carbocycles. The van der Waals surface area contributed by atoms with Crippen molar-refractivity contribution in [2.75, 3.05) is 13.2 Å². The molecule has 0 aromatic carbocycles. The van der Waals surface area contributed by atoms with Crippen molar-refractivity contribution in [3.8, 4) is 0 Å². The van der Waals surface area contributed by atoms with E-state index in [9.17, 15) is 0 Å². The van der Waals surface area contributed by atoms with Crippen molar-refractivity contribution in [3.05, 3.63) is 0 Å². The standard InChI is InChI=1S/C17H38N2O2/c1-13(15(5,6)18)12-21-16(7,8)17(9,19)10-11-20-14(2,3)4/h13H,10-12,18-19H2,1-9H3. The molecule has 2 unspecified atom stereocenters. The van der Waals surface area contributed by atoms with Crippen LogP contribution in [0.4, 0.5) is 0 Å². The average Bonchev–Trinajstić information content (AvgIpc) is 2.22. The highest BCUT2D eigenvalue weighted by molar-refractivity contribution is 4.96. The summed E-state index contributed by atoms with van der Waals surface area (Å²) in [4.78, 5) is 0. The average molecular weight is 303 g/mol. The van der Waals surface area contributed by atoms with Gasteiger partial charge in [0.05, 0.1) is 17.8 Å². The topological polar surface area (TPSA) is 70.5 Å². The Morgan fingerprint density at radius 2 is 1.33 bits per heavy atom. The van der Waals surface area contributed by atoms with E-state index in [1.54, 1.807) is 0 Å². The highest BCUT2D eigenvalue weighted by Gasteiger charge is 2.39. The van der Waals surface area contributed by atoms with Crippen LogP contribution in [0.3, 0.4) is 0 Å². The monoisotopic (exact) mass is 302 g/mol. The molecule has 0 aromatic rings. The Hall–Kier alpha value is -0.160. The summed E-state index contributed by atoms with van der Waals surface area (Å²) in [6.07, 6.45) is 0.748. The zero-order valence-corrected chi connectivity index (χ0v) is 15.7. The molecule has 0 rings (SSSR count). The molecular weight excluding hydrogens is 264 g/mol. The van der Waals surface area contributed by atoms with Crippen LogP contribution in [0.5, 0.6) is 0 Å². The molecule has 0 aliphatic carbocycles. The quantitative estimate of drug-likeness (QED) is 0.723. The molecular formula is C17H38N2O2. The third kappa shape index (κ3) is 7.59. The molecule has 4 nitrogen and oxygen atoms in total. The first-order chi connectivity index (χ1) is 9.08. The van der Waals surface area contributed by atoms with Crippen molar-refractivity contribution in [2.45, 2.75) is 91.0 Å². The summed E-state index contributed by atoms with van der Waals surface area (Å²) in [6, 6.07) is 0. The first-order valence-electron chi connectivity index (χ1n) is 7.94. The molecule has 0 aliphatic rings. The van der Waals surface area contributed by atoms with E-state index in [1.807, 2.05) is 55.4 Å². The van der Waals surface area contributed by atoms with Crippen molar-refractivity contribution < 1.29 is 9.47 Å². The Kier molecular flexibility index (Phi) is 6.89. The van der Waals surface area contributed by atoms with Gasteiger partial charge in [0.2, 0.25) is 0 Å². The Bertz CT molecular complexity index is 312. The van der Waals surface area contributed by atoms with Gasteiger partial charge in [-0.3, -0.25) is 0 Å². The molecule has 2 atom stereocenters. The zero-order chi connectivity index (χ0) is 17.1. The summed E-state index contributed by atoms with van der Waals surface area (Å²) in [5.74, 6) is 0.262. The molecule has 0 radical (unpaired) electrons. The first kappa shape index (κ1) is 20.8. The van der Waals surface area contributed by atoms with Gasteiger partial charge in [0, 0.05) is 17.7 Å². The summed E-state index contributed by atoms with van der Waals surface area (Å²) in [7, 11) is 0. The van der Waals surface area contributed by atoms with E-state index in [-0.39, 0.29) is 17.1 Å². The van der Waals surface area contributed by atoms with Crippen molar-refractivity contribution in [1.29, 1.82) is 0 Å². The zero-order valence-electron chi connectivity index (χ0n) is 15.7. The Labute approximate surface area is 131 Å². The summed E-state index contributed by atoms with van der Waals surface area (Å²) in [6.45, 7) is 19.6. The second kappa shape index (κ2) is 6.95. The molecule has 21 heavy (non-hydrogen) atoms. The van der Waals surface area contributed by atoms with E-state index < -0.39 is 11.1 Å². The van der Waals surface area contributed by atoms with Gasteiger partial charge < -0.3 is 20.9 Å². The fraction of sp³-hybridized carbons (Fsp3) is 1.00. The molecule has 4 heteroatoms. The molecule has 0 saturated heterocycles. The third-order valence-electron chi connectivity index (χ3n) is 4.50. The molecule has 0 heterocycles. The summed E-state index contributed by atoms with van der Waals surface area (Å²) < 4.78 is 11.9. The fourth-order valence-electron chi connectivity index (χ4n) is 1.58. The lowest BCUT2D eigenvalue weighted by Crippen LogP contribution is -2.58. The highest BCUT2D eigenvalue weighted by atomic mass is 16.5. The Morgan fingerprint density at radius 1 is 0.857 bits per heavy atom. The van der Waals surface area contributed by atoms with E-state index >= 15 is 0 Å². The Morgan fingerprint density at radius 3 is 1.71 bits per heavy atom. The molecule has 0 spiro atoms. The molecule has 0 fully saturated rings. The third-order valence-corrected chi connectivity index (χ3v) is 4.50. The highest BCUT2D eigenvalue weighted by Crippen LogP contribution is 2.28. The van der Waals surface area contributed by atoms with Gasteiger partial charge in [-0.1, -0.05) is 6.92 Å². The maximum atomic E-state index is 6.48. The lowest BCUT2D eigenvalue weighted by atomic mass is 9.81. The van der Waals surface area contributed by atoms with Crippen LogP contribution in [0.25, 0.3) is 0 Å². The van der Waals surface area contributed by atoms with Crippen LogP contribution in [0.1, 0.15) is 68.7 Å². The van der Waals surface area contributed by atoms with Crippen molar-refractivity contribution in [3.63, 3.8) is 0 Å². The molecule has 0 aromatic heterocycles. The van der Waals surface area contributed by atoms with Gasteiger partial charge in [-0.05, 0) is 67.7 Å². The van der Waals surface area contributed by atoms with E-state index in [2.05, 4.69) is 6.92 Å². The van der Waals surface area contributed by atoms with Crippen LogP contribution in [0.2, 0.25) is 0 Å². The Balaban J connectivity index is 4.51. The summed E-state index contributed by atoms with van der Waals surface area (Å²) >= 11 is 0. The second-order valence-corrected chi connectivity index (χ2v) is 8.67. The van der Waals surface area contributed by atoms with E-state index in [0.29, 0.717) is 13.2 Å². The largest absolute Gasteiger partial charge is 0.376 e. The normalized spacial score (nSPS) is 18.4. The number of hydrogen-bond acceptors (Lipinski definition) is 4. The fourth-order valence-corrected chi connectivity index (χ4v) is 1.58. The maximum absolute atomic E-state index is 6.48. The lowest BCUT2D eigenvalue weighted by Gasteiger charge is -2.43. The summed E-state index contributed by atoms with van der Waals surface area (Å²) in [5.41, 5.74) is 11.3. The minimum atomic E-state index is -0.462. The van der Waals surface area contributed by atoms with E-state index in [1.165, 1.54) is 0 Å². The van der Waals surface area contributed by atoms with Crippen molar-refractivity contribution in [1.82, 2.24) is 0 Å². The smallest absolute Gasteiger partial charge is 0.0803 e. The van der Waals surface area contributed by atoms with Gasteiger partial charge in [-0.2, -0.15) is 0 Å². The van der Waals surface area contributed by atoms with Gasteiger partial charge >= 0.3 is 0 Å². The number of rotatable bonds is 8. The van der Waals surface area contributed by atoms with E-state index in [4.69, 9.17) is 20.9 Å². The van der Waals surface area contributed by atoms with Crippen molar-refractivity contribution >= 4 is 0 Å². The molecule has 0 amide bonds. The SMILES string of the molecule is CC(COC(C)(C)C(C)(N)CCOC(C)(C)C)C(C)(C)N. The van der Waals surface area contributed by atoms with Gasteiger partial charge in [-0.25, -0.2) is 0 Å². The van der Waals surface area contributed by atoms with Gasteiger partial charge in [0.15, 0.2) is 0 Å². The minimum Gasteiger partial charge on any atom is -0.376 e. The van der Waals surface area contributed by atoms with E-state index in [0.717, 1.165) is 6.42 Å². The van der Waals surface area contributed by atoms with Crippen LogP contribution in [-0.2, 0) is 9.47 Å². The number of nitrogens with two attached hydrogens (primary N) is 2. The summed E-state index contributed by atoms with van der Waals surface area (Å²) in [5, 5.41) is 0. The number of hydrogen-bond donors (Lipinski definition) is 2. The van der Waals surface area contributed by atoms with Gasteiger partial charge in [0.25, 0.3) is 0 Å². The maximum Gasteiger partial charge on any atom is 0.0803 e. The van der Waals surface area contributed by atoms with Crippen LogP contribution in [0, 0.1) is 5.92 Å². The van der Waals surface area contributed by atoms with Gasteiger partial charge in [-0.15, -0.1) is 0 Å².